The van der Waals surface area contributed by atoms with Gasteiger partial charge in [0.2, 0.25) is 0 Å². The maximum atomic E-state index is 4.61. The third-order valence-corrected chi connectivity index (χ3v) is 2.43. The van der Waals surface area contributed by atoms with Gasteiger partial charge < -0.3 is 5.32 Å². The van der Waals surface area contributed by atoms with Crippen LogP contribution in [0.4, 0.5) is 0 Å². The zero-order chi connectivity index (χ0) is 9.52. The Morgan fingerprint density at radius 3 is 2.54 bits per heavy atom. The second kappa shape index (κ2) is 6.14. The molecule has 0 aromatic carbocycles. The molecule has 0 unspecified atom stereocenters. The van der Waals surface area contributed by atoms with Crippen LogP contribution in [-0.4, -0.2) is 24.8 Å². The molecule has 1 rings (SSSR count). The summed E-state index contributed by atoms with van der Waals surface area (Å²) < 4.78 is 0. The number of rotatable bonds is 4. The van der Waals surface area contributed by atoms with Gasteiger partial charge in [-0.05, 0) is 25.7 Å². The molecule has 0 aliphatic heterocycles. The Morgan fingerprint density at radius 2 is 1.92 bits per heavy atom. The minimum absolute atomic E-state index is 0.589. The van der Waals surface area contributed by atoms with E-state index < -0.39 is 0 Å². The fourth-order valence-corrected chi connectivity index (χ4v) is 1.69. The standard InChI is InChI=1S/C11H22N2/c1-10(2)12-8-9-13-11-6-4-3-5-7-11/h10,12H,3-9H2,1-2H3. The van der Waals surface area contributed by atoms with Gasteiger partial charge in [-0.3, -0.25) is 4.99 Å². The molecule has 0 aromatic rings. The van der Waals surface area contributed by atoms with Crippen LogP contribution >= 0.6 is 0 Å². The van der Waals surface area contributed by atoms with E-state index in [-0.39, 0.29) is 0 Å². The first-order chi connectivity index (χ1) is 6.29. The highest BCUT2D eigenvalue weighted by Crippen LogP contribution is 2.14. The van der Waals surface area contributed by atoms with E-state index in [1.165, 1.54) is 37.8 Å². The molecule has 1 saturated carbocycles. The highest BCUT2D eigenvalue weighted by atomic mass is 14.9. The predicted octanol–water partition coefficient (Wildman–Crippen LogP) is 2.39. The van der Waals surface area contributed by atoms with Crippen molar-refractivity contribution in [3.05, 3.63) is 0 Å². The van der Waals surface area contributed by atoms with Crippen molar-refractivity contribution in [1.82, 2.24) is 5.32 Å². The van der Waals surface area contributed by atoms with Crippen LogP contribution in [0.1, 0.15) is 46.0 Å². The normalized spacial score (nSPS) is 17.9. The van der Waals surface area contributed by atoms with E-state index in [9.17, 15) is 0 Å². The van der Waals surface area contributed by atoms with Crippen LogP contribution in [0.2, 0.25) is 0 Å². The van der Waals surface area contributed by atoms with Crippen molar-refractivity contribution < 1.29 is 0 Å². The molecule has 0 amide bonds. The molecular weight excluding hydrogens is 160 g/mol. The summed E-state index contributed by atoms with van der Waals surface area (Å²) in [5.74, 6) is 0. The summed E-state index contributed by atoms with van der Waals surface area (Å²) in [4.78, 5) is 4.61. The van der Waals surface area contributed by atoms with Gasteiger partial charge in [-0.15, -0.1) is 0 Å². The molecule has 0 atom stereocenters. The number of aliphatic imine (C=N–C) groups is 1. The predicted molar refractivity (Wildman–Crippen MR) is 58.5 cm³/mol. The van der Waals surface area contributed by atoms with Crippen molar-refractivity contribution in [3.8, 4) is 0 Å². The first kappa shape index (κ1) is 10.7. The number of nitrogens with zero attached hydrogens (tertiary/aromatic N) is 1. The molecule has 2 nitrogen and oxygen atoms in total. The van der Waals surface area contributed by atoms with E-state index in [1.54, 1.807) is 0 Å². The molecule has 0 heterocycles. The van der Waals surface area contributed by atoms with Crippen molar-refractivity contribution in [2.75, 3.05) is 13.1 Å². The quantitative estimate of drug-likeness (QED) is 0.663. The van der Waals surface area contributed by atoms with Crippen LogP contribution in [0.3, 0.4) is 0 Å². The molecule has 1 fully saturated rings. The van der Waals surface area contributed by atoms with Crippen LogP contribution < -0.4 is 5.32 Å². The molecule has 1 N–H and O–H groups in total. The van der Waals surface area contributed by atoms with Gasteiger partial charge in [0.1, 0.15) is 0 Å². The van der Waals surface area contributed by atoms with E-state index in [1.807, 2.05) is 0 Å². The summed E-state index contributed by atoms with van der Waals surface area (Å²) in [5.41, 5.74) is 1.46. The smallest absolute Gasteiger partial charge is 0.0513 e. The lowest BCUT2D eigenvalue weighted by molar-refractivity contribution is 0.593. The van der Waals surface area contributed by atoms with Gasteiger partial charge in [-0.25, -0.2) is 0 Å². The van der Waals surface area contributed by atoms with Crippen LogP contribution in [0.15, 0.2) is 4.99 Å². The summed E-state index contributed by atoms with van der Waals surface area (Å²) in [6, 6.07) is 0.589. The van der Waals surface area contributed by atoms with E-state index in [0.29, 0.717) is 6.04 Å². The van der Waals surface area contributed by atoms with Crippen molar-refractivity contribution in [2.24, 2.45) is 4.99 Å². The summed E-state index contributed by atoms with van der Waals surface area (Å²) in [7, 11) is 0. The SMILES string of the molecule is CC(C)NCCN=C1CCCCC1. The van der Waals surface area contributed by atoms with Gasteiger partial charge in [0.05, 0.1) is 6.54 Å². The van der Waals surface area contributed by atoms with Gasteiger partial charge in [0.25, 0.3) is 0 Å². The third-order valence-electron chi connectivity index (χ3n) is 2.43. The van der Waals surface area contributed by atoms with Gasteiger partial charge in [-0.2, -0.15) is 0 Å². The number of hydrogen-bond acceptors (Lipinski definition) is 2. The average Bonchev–Trinajstić information content (AvgIpc) is 2.14. The Balaban J connectivity index is 2.08. The first-order valence-electron chi connectivity index (χ1n) is 5.54. The largest absolute Gasteiger partial charge is 0.313 e. The van der Waals surface area contributed by atoms with Crippen LogP contribution in [-0.2, 0) is 0 Å². The number of nitrogens with one attached hydrogen (secondary N) is 1. The molecule has 1 aliphatic rings. The van der Waals surface area contributed by atoms with Gasteiger partial charge >= 0.3 is 0 Å². The van der Waals surface area contributed by atoms with Gasteiger partial charge in [-0.1, -0.05) is 20.3 Å². The molecule has 0 bridgehead atoms. The fraction of sp³-hybridized carbons (Fsp3) is 0.909. The maximum absolute atomic E-state index is 4.61. The third kappa shape index (κ3) is 5.04. The van der Waals surface area contributed by atoms with E-state index in [2.05, 4.69) is 24.2 Å². The van der Waals surface area contributed by atoms with Crippen LogP contribution in [0.5, 0.6) is 0 Å². The van der Waals surface area contributed by atoms with Crippen molar-refractivity contribution in [2.45, 2.75) is 52.0 Å². The lowest BCUT2D eigenvalue weighted by atomic mass is 9.99. The minimum atomic E-state index is 0.589. The monoisotopic (exact) mass is 182 g/mol. The Kier molecular flexibility index (Phi) is 5.06. The van der Waals surface area contributed by atoms with E-state index in [0.717, 1.165) is 13.1 Å². The maximum Gasteiger partial charge on any atom is 0.0513 e. The molecule has 13 heavy (non-hydrogen) atoms. The summed E-state index contributed by atoms with van der Waals surface area (Å²) in [6.45, 7) is 6.34. The molecule has 0 radical (unpaired) electrons. The van der Waals surface area contributed by atoms with E-state index >= 15 is 0 Å². The highest BCUT2D eigenvalue weighted by Gasteiger charge is 2.05. The molecule has 1 aliphatic carbocycles. The number of hydrogen-bond donors (Lipinski definition) is 1. The second-order valence-electron chi connectivity index (χ2n) is 4.12. The van der Waals surface area contributed by atoms with Crippen molar-refractivity contribution in [3.63, 3.8) is 0 Å². The molecule has 0 saturated heterocycles. The average molecular weight is 182 g/mol. The molecule has 76 valence electrons. The van der Waals surface area contributed by atoms with Crippen LogP contribution in [0, 0.1) is 0 Å². The van der Waals surface area contributed by atoms with Gasteiger partial charge in [0, 0.05) is 18.3 Å². The fourth-order valence-electron chi connectivity index (χ4n) is 1.69. The Labute approximate surface area is 81.8 Å². The van der Waals surface area contributed by atoms with Crippen LogP contribution in [0.25, 0.3) is 0 Å². The van der Waals surface area contributed by atoms with Gasteiger partial charge in [0.15, 0.2) is 0 Å². The summed E-state index contributed by atoms with van der Waals surface area (Å²) >= 11 is 0. The van der Waals surface area contributed by atoms with E-state index in [4.69, 9.17) is 0 Å². The second-order valence-corrected chi connectivity index (χ2v) is 4.12. The molecule has 0 spiro atoms. The zero-order valence-corrected chi connectivity index (χ0v) is 8.97. The highest BCUT2D eigenvalue weighted by molar-refractivity contribution is 5.84. The molecule has 2 heteroatoms. The Bertz CT molecular complexity index is 153. The summed E-state index contributed by atoms with van der Waals surface area (Å²) in [6.07, 6.45) is 6.62. The van der Waals surface area contributed by atoms with Crippen molar-refractivity contribution in [1.29, 1.82) is 0 Å². The molecule has 0 aromatic heterocycles. The molecular formula is C11H22N2. The lowest BCUT2D eigenvalue weighted by Crippen LogP contribution is -2.25. The zero-order valence-electron chi connectivity index (χ0n) is 8.97. The Hall–Kier alpha value is -0.370. The Morgan fingerprint density at radius 1 is 1.23 bits per heavy atom. The lowest BCUT2D eigenvalue weighted by Gasteiger charge is -2.12. The summed E-state index contributed by atoms with van der Waals surface area (Å²) in [5, 5.41) is 3.38. The van der Waals surface area contributed by atoms with Crippen molar-refractivity contribution >= 4 is 5.71 Å². The minimum Gasteiger partial charge on any atom is -0.313 e. The first-order valence-corrected chi connectivity index (χ1v) is 5.54. The topological polar surface area (TPSA) is 24.4 Å².